The Morgan fingerprint density at radius 3 is 2.54 bits per heavy atom. The van der Waals surface area contributed by atoms with Crippen LogP contribution in [0.4, 0.5) is 10.2 Å². The fourth-order valence-corrected chi connectivity index (χ4v) is 5.59. The maximum absolute atomic E-state index is 14.0. The monoisotopic (exact) mass is 390 g/mol. The van der Waals surface area contributed by atoms with Crippen molar-refractivity contribution in [2.24, 2.45) is 5.41 Å². The van der Waals surface area contributed by atoms with Crippen molar-refractivity contribution in [1.82, 2.24) is 15.2 Å². The van der Waals surface area contributed by atoms with Crippen molar-refractivity contribution in [2.45, 2.75) is 43.7 Å². The Balaban J connectivity index is 1.29. The van der Waals surface area contributed by atoms with Crippen LogP contribution in [-0.4, -0.2) is 73.5 Å². The molecule has 7 heteroatoms. The predicted molar refractivity (Wildman–Crippen MR) is 105 cm³/mol. The summed E-state index contributed by atoms with van der Waals surface area (Å²) in [6.07, 6.45) is 6.23. The topological polar surface area (TPSA) is 60.9 Å². The number of pyridine rings is 1. The lowest BCUT2D eigenvalue weighted by Crippen LogP contribution is -2.54. The molecule has 1 atom stereocenters. The minimum absolute atomic E-state index is 0.386. The summed E-state index contributed by atoms with van der Waals surface area (Å²) < 4.78 is 19.4. The highest BCUT2D eigenvalue weighted by molar-refractivity contribution is 5.50. The Bertz CT molecular complexity index is 712. The van der Waals surface area contributed by atoms with Crippen molar-refractivity contribution < 1.29 is 14.2 Å². The van der Waals surface area contributed by atoms with Crippen LogP contribution >= 0.6 is 0 Å². The van der Waals surface area contributed by atoms with E-state index in [1.165, 1.54) is 44.6 Å². The van der Waals surface area contributed by atoms with Gasteiger partial charge in [-0.05, 0) is 30.7 Å². The molecule has 1 saturated carbocycles. The Hall–Kier alpha value is -1.28. The number of nitrogens with one attached hydrogen (secondary N) is 1. The molecule has 1 aromatic heterocycles. The SMILES string of the molecule is OC1(c2cc(F)cnc2N2CCN([C@@H]3CCC4(CNC4)C3)CC2)CCOCC1. The van der Waals surface area contributed by atoms with E-state index >= 15 is 0 Å². The van der Waals surface area contributed by atoms with E-state index in [0.29, 0.717) is 43.1 Å². The number of rotatable bonds is 3. The molecule has 3 saturated heterocycles. The number of ether oxygens (including phenoxy) is 1. The van der Waals surface area contributed by atoms with Gasteiger partial charge >= 0.3 is 0 Å². The zero-order valence-corrected chi connectivity index (χ0v) is 16.5. The number of nitrogens with zero attached hydrogens (tertiary/aromatic N) is 3. The molecule has 1 aromatic rings. The number of anilines is 1. The molecule has 0 aromatic carbocycles. The summed E-state index contributed by atoms with van der Waals surface area (Å²) in [4.78, 5) is 9.28. The Kier molecular flexibility index (Phi) is 4.82. The van der Waals surface area contributed by atoms with Gasteiger partial charge in [0.05, 0.1) is 11.8 Å². The van der Waals surface area contributed by atoms with E-state index in [4.69, 9.17) is 4.74 Å². The molecule has 154 valence electrons. The maximum atomic E-state index is 14.0. The first-order valence-electron chi connectivity index (χ1n) is 10.7. The van der Waals surface area contributed by atoms with E-state index in [-0.39, 0.29) is 5.82 Å². The van der Waals surface area contributed by atoms with Crippen molar-refractivity contribution in [3.8, 4) is 0 Å². The van der Waals surface area contributed by atoms with Gasteiger partial charge in [-0.3, -0.25) is 4.90 Å². The average molecular weight is 391 g/mol. The van der Waals surface area contributed by atoms with Gasteiger partial charge in [-0.1, -0.05) is 0 Å². The number of piperazine rings is 1. The summed E-state index contributed by atoms with van der Waals surface area (Å²) >= 11 is 0. The first kappa shape index (κ1) is 18.7. The molecule has 2 N–H and O–H groups in total. The van der Waals surface area contributed by atoms with Crippen LogP contribution in [0.2, 0.25) is 0 Å². The smallest absolute Gasteiger partial charge is 0.142 e. The van der Waals surface area contributed by atoms with Crippen LogP contribution < -0.4 is 10.2 Å². The molecular weight excluding hydrogens is 359 g/mol. The molecule has 5 rings (SSSR count). The normalized spacial score (nSPS) is 29.8. The maximum Gasteiger partial charge on any atom is 0.142 e. The summed E-state index contributed by atoms with van der Waals surface area (Å²) in [6, 6.07) is 2.18. The number of aliphatic hydroxyl groups is 1. The highest BCUT2D eigenvalue weighted by Crippen LogP contribution is 2.43. The van der Waals surface area contributed by atoms with E-state index in [1.54, 1.807) is 0 Å². The van der Waals surface area contributed by atoms with Crippen molar-refractivity contribution in [3.63, 3.8) is 0 Å². The molecule has 1 aliphatic carbocycles. The average Bonchev–Trinajstić information content (AvgIpc) is 3.15. The molecule has 0 bridgehead atoms. The lowest BCUT2D eigenvalue weighted by Gasteiger charge is -2.43. The zero-order valence-electron chi connectivity index (χ0n) is 16.5. The summed E-state index contributed by atoms with van der Waals surface area (Å²) in [5.74, 6) is 0.360. The number of aromatic nitrogens is 1. The number of halogens is 1. The largest absolute Gasteiger partial charge is 0.385 e. The fraction of sp³-hybridized carbons (Fsp3) is 0.762. The van der Waals surface area contributed by atoms with Gasteiger partial charge in [-0.25, -0.2) is 9.37 Å². The Morgan fingerprint density at radius 2 is 1.89 bits per heavy atom. The molecule has 4 aliphatic rings. The minimum atomic E-state index is -1.05. The minimum Gasteiger partial charge on any atom is -0.385 e. The molecule has 4 fully saturated rings. The van der Waals surface area contributed by atoms with Gasteiger partial charge in [0.1, 0.15) is 11.6 Å². The summed E-state index contributed by atoms with van der Waals surface area (Å²) in [5.41, 5.74) is 0.152. The third-order valence-electron chi connectivity index (χ3n) is 7.46. The van der Waals surface area contributed by atoms with Crippen LogP contribution in [0, 0.1) is 11.2 Å². The van der Waals surface area contributed by atoms with Gasteiger partial charge < -0.3 is 20.1 Å². The molecule has 1 spiro atoms. The van der Waals surface area contributed by atoms with Crippen LogP contribution in [0.3, 0.4) is 0 Å². The second-order valence-electron chi connectivity index (χ2n) is 9.19. The summed E-state index contributed by atoms with van der Waals surface area (Å²) in [5, 5.41) is 14.6. The first-order valence-corrected chi connectivity index (χ1v) is 10.7. The third-order valence-corrected chi connectivity index (χ3v) is 7.46. The van der Waals surface area contributed by atoms with Gasteiger partial charge in [-0.2, -0.15) is 0 Å². The molecule has 4 heterocycles. The van der Waals surface area contributed by atoms with Crippen LogP contribution in [0.25, 0.3) is 0 Å². The molecule has 0 amide bonds. The second-order valence-corrected chi connectivity index (χ2v) is 9.19. The summed E-state index contributed by atoms with van der Waals surface area (Å²) in [7, 11) is 0. The highest BCUT2D eigenvalue weighted by atomic mass is 19.1. The van der Waals surface area contributed by atoms with Crippen LogP contribution in [-0.2, 0) is 10.3 Å². The van der Waals surface area contributed by atoms with Crippen molar-refractivity contribution in [2.75, 3.05) is 57.4 Å². The Morgan fingerprint density at radius 1 is 1.14 bits per heavy atom. The van der Waals surface area contributed by atoms with E-state index in [0.717, 1.165) is 32.0 Å². The van der Waals surface area contributed by atoms with Gasteiger partial charge in [0.15, 0.2) is 0 Å². The van der Waals surface area contributed by atoms with Gasteiger partial charge in [-0.15, -0.1) is 0 Å². The lowest BCUT2D eigenvalue weighted by molar-refractivity contribution is -0.0679. The van der Waals surface area contributed by atoms with E-state index < -0.39 is 5.60 Å². The molecule has 0 radical (unpaired) electrons. The predicted octanol–water partition coefficient (Wildman–Crippen LogP) is 1.48. The molecule has 0 unspecified atom stereocenters. The number of hydrogen-bond donors (Lipinski definition) is 2. The quantitative estimate of drug-likeness (QED) is 0.815. The van der Waals surface area contributed by atoms with Crippen LogP contribution in [0.5, 0.6) is 0 Å². The van der Waals surface area contributed by atoms with E-state index in [1.807, 2.05) is 0 Å². The molecule has 6 nitrogen and oxygen atoms in total. The molecular formula is C21H31FN4O2. The van der Waals surface area contributed by atoms with Gasteiger partial charge in [0, 0.05) is 76.9 Å². The van der Waals surface area contributed by atoms with Crippen molar-refractivity contribution in [1.29, 1.82) is 0 Å². The number of hydrogen-bond acceptors (Lipinski definition) is 6. The fourth-order valence-electron chi connectivity index (χ4n) is 5.59. The van der Waals surface area contributed by atoms with Crippen molar-refractivity contribution >= 4 is 5.82 Å². The van der Waals surface area contributed by atoms with E-state index in [9.17, 15) is 9.50 Å². The molecule has 3 aliphatic heterocycles. The van der Waals surface area contributed by atoms with E-state index in [2.05, 4.69) is 20.1 Å². The summed E-state index contributed by atoms with van der Waals surface area (Å²) in [6.45, 7) is 7.14. The van der Waals surface area contributed by atoms with Crippen molar-refractivity contribution in [3.05, 3.63) is 23.6 Å². The molecule has 28 heavy (non-hydrogen) atoms. The zero-order chi connectivity index (χ0) is 19.2. The lowest BCUT2D eigenvalue weighted by atomic mass is 9.80. The standard InChI is InChI=1S/C21H31FN4O2/c22-16-11-18(21(27)3-9-28-10-4-21)19(24-13-16)26-7-5-25(6-8-26)17-1-2-20(12-17)14-23-15-20/h11,13,17,23,27H,1-10,12,14-15H2/t17-/m1/s1. The Labute approximate surface area is 166 Å². The first-order chi connectivity index (χ1) is 13.6. The third kappa shape index (κ3) is 3.32. The van der Waals surface area contributed by atoms with Gasteiger partial charge in [0.2, 0.25) is 0 Å². The highest BCUT2D eigenvalue weighted by Gasteiger charge is 2.45. The van der Waals surface area contributed by atoms with Gasteiger partial charge in [0.25, 0.3) is 0 Å². The van der Waals surface area contributed by atoms with Crippen LogP contribution in [0.15, 0.2) is 12.3 Å². The van der Waals surface area contributed by atoms with Crippen LogP contribution in [0.1, 0.15) is 37.7 Å². The second kappa shape index (κ2) is 7.20.